The fraction of sp³-hybridized carbons (Fsp3) is 0.632. The van der Waals surface area contributed by atoms with Gasteiger partial charge in [-0.1, -0.05) is 13.0 Å². The number of rotatable bonds is 2. The molecule has 0 aromatic carbocycles. The van der Waals surface area contributed by atoms with Crippen molar-refractivity contribution < 1.29 is 23.9 Å². The van der Waals surface area contributed by atoms with Crippen LogP contribution in [0.2, 0.25) is 0 Å². The van der Waals surface area contributed by atoms with Crippen molar-refractivity contribution in [2.24, 2.45) is 17.3 Å². The van der Waals surface area contributed by atoms with Gasteiger partial charge < -0.3 is 14.5 Å². The molecule has 136 valence electrons. The quantitative estimate of drug-likeness (QED) is 0.581. The first-order valence-corrected chi connectivity index (χ1v) is 11.0. The second-order valence-corrected chi connectivity index (χ2v) is 10.1. The van der Waals surface area contributed by atoms with Crippen molar-refractivity contribution in [3.63, 3.8) is 0 Å². The summed E-state index contributed by atoms with van der Waals surface area (Å²) < 4.78 is 17.3. The maximum Gasteiger partial charge on any atom is 0.325 e. The summed E-state index contributed by atoms with van der Waals surface area (Å²) in [6.07, 6.45) is 10.6. The normalized spacial score (nSPS) is 45.0. The molecule has 25 heavy (non-hydrogen) atoms. The molecule has 2 saturated carbocycles. The molecule has 4 aliphatic rings. The van der Waals surface area contributed by atoms with E-state index >= 15 is 0 Å². The molecule has 5 nitrogen and oxygen atoms in total. The molecule has 2 fully saturated rings. The van der Waals surface area contributed by atoms with E-state index in [2.05, 4.69) is 13.0 Å². The topological polar surface area (TPSA) is 83.8 Å². The first-order chi connectivity index (χ1) is 11.6. The van der Waals surface area contributed by atoms with Gasteiger partial charge in [-0.25, -0.2) is 0 Å². The minimum Gasteiger partial charge on any atom is -0.377 e. The molecule has 4 unspecified atom stereocenters. The lowest BCUT2D eigenvalue weighted by molar-refractivity contribution is -0.110. The van der Waals surface area contributed by atoms with Crippen LogP contribution in [0.25, 0.3) is 0 Å². The Morgan fingerprint density at radius 3 is 2.80 bits per heavy atom. The van der Waals surface area contributed by atoms with Gasteiger partial charge in [0.05, 0.1) is 6.10 Å². The van der Waals surface area contributed by atoms with E-state index in [1.807, 2.05) is 0 Å². The van der Waals surface area contributed by atoms with Gasteiger partial charge in [0.1, 0.15) is 5.60 Å². The largest absolute Gasteiger partial charge is 0.377 e. The molecule has 0 saturated heterocycles. The summed E-state index contributed by atoms with van der Waals surface area (Å²) in [5, 5.41) is 11.3. The van der Waals surface area contributed by atoms with Crippen molar-refractivity contribution in [1.82, 2.24) is 0 Å². The van der Waals surface area contributed by atoms with Crippen molar-refractivity contribution in [2.45, 2.75) is 50.7 Å². The lowest BCUT2D eigenvalue weighted by atomic mass is 9.56. The maximum atomic E-state index is 11.8. The maximum absolute atomic E-state index is 11.8. The number of carbonyl (C=O) groups excluding carboxylic acids is 1. The molecule has 0 amide bonds. The van der Waals surface area contributed by atoms with Gasteiger partial charge >= 0.3 is 7.60 Å². The van der Waals surface area contributed by atoms with E-state index in [-0.39, 0.29) is 23.2 Å². The zero-order valence-electron chi connectivity index (χ0n) is 14.6. The SMILES string of the molecule is C[C@]12CC=C3C(CCC4=CC(=O)C=C[C@]43O)C1CCC2OP(C)(=O)O. The van der Waals surface area contributed by atoms with Crippen LogP contribution >= 0.6 is 7.60 Å². The van der Waals surface area contributed by atoms with Crippen LogP contribution in [-0.4, -0.2) is 34.2 Å². The van der Waals surface area contributed by atoms with Crippen LogP contribution in [0, 0.1) is 17.3 Å². The van der Waals surface area contributed by atoms with Crippen molar-refractivity contribution in [3.05, 3.63) is 35.5 Å². The first kappa shape index (κ1) is 17.4. The number of fused-ring (bicyclic) bond motifs is 5. The van der Waals surface area contributed by atoms with Crippen LogP contribution in [0.3, 0.4) is 0 Å². The minimum absolute atomic E-state index is 0.0599. The van der Waals surface area contributed by atoms with E-state index in [1.165, 1.54) is 12.7 Å². The van der Waals surface area contributed by atoms with E-state index in [0.29, 0.717) is 18.8 Å². The Bertz CT molecular complexity index is 760. The molecule has 0 radical (unpaired) electrons. The molecular weight excluding hydrogens is 339 g/mol. The highest BCUT2D eigenvalue weighted by atomic mass is 31.2. The number of carbonyl (C=O) groups is 1. The van der Waals surface area contributed by atoms with E-state index in [1.54, 1.807) is 12.2 Å². The molecule has 0 aromatic heterocycles. The second kappa shape index (κ2) is 5.50. The summed E-state index contributed by atoms with van der Waals surface area (Å²) in [4.78, 5) is 21.3. The van der Waals surface area contributed by atoms with Crippen molar-refractivity contribution in [1.29, 1.82) is 0 Å². The number of ketones is 1. The van der Waals surface area contributed by atoms with Crippen molar-refractivity contribution in [2.75, 3.05) is 6.66 Å². The molecule has 4 aliphatic carbocycles. The second-order valence-electron chi connectivity index (χ2n) is 8.27. The molecule has 2 N–H and O–H groups in total. The monoisotopic (exact) mass is 364 g/mol. The molecule has 0 aromatic rings. The fourth-order valence-corrected chi connectivity index (χ4v) is 6.39. The van der Waals surface area contributed by atoms with Gasteiger partial charge in [0.2, 0.25) is 0 Å². The average Bonchev–Trinajstić information content (AvgIpc) is 2.83. The van der Waals surface area contributed by atoms with Crippen LogP contribution in [0.4, 0.5) is 0 Å². The van der Waals surface area contributed by atoms with Gasteiger partial charge in [-0.05, 0) is 73.3 Å². The highest BCUT2D eigenvalue weighted by Gasteiger charge is 2.57. The molecular formula is C19H25O5P. The first-order valence-electron chi connectivity index (χ1n) is 8.99. The zero-order chi connectivity index (χ0) is 18.0. The lowest BCUT2D eigenvalue weighted by Gasteiger charge is -2.51. The smallest absolute Gasteiger partial charge is 0.325 e. The zero-order valence-corrected chi connectivity index (χ0v) is 15.5. The third kappa shape index (κ3) is 2.64. The summed E-state index contributed by atoms with van der Waals surface area (Å²) in [5.41, 5.74) is 0.480. The molecule has 0 heterocycles. The predicted molar refractivity (Wildman–Crippen MR) is 94.1 cm³/mol. The van der Waals surface area contributed by atoms with E-state index in [9.17, 15) is 19.4 Å². The van der Waals surface area contributed by atoms with E-state index < -0.39 is 13.2 Å². The van der Waals surface area contributed by atoms with Gasteiger partial charge in [-0.3, -0.25) is 9.36 Å². The van der Waals surface area contributed by atoms with Crippen LogP contribution < -0.4 is 0 Å². The third-order valence-electron chi connectivity index (χ3n) is 6.75. The third-order valence-corrected chi connectivity index (χ3v) is 7.40. The Balaban J connectivity index is 1.69. The van der Waals surface area contributed by atoms with Crippen molar-refractivity contribution in [3.8, 4) is 0 Å². The van der Waals surface area contributed by atoms with Crippen LogP contribution in [0.15, 0.2) is 35.5 Å². The molecule has 0 spiro atoms. The summed E-state index contributed by atoms with van der Waals surface area (Å²) in [5.74, 6) is 0.485. The van der Waals surface area contributed by atoms with Gasteiger partial charge in [-0.15, -0.1) is 0 Å². The number of allylic oxidation sites excluding steroid dienone is 3. The summed E-state index contributed by atoms with van der Waals surface area (Å²) in [6, 6.07) is 0. The van der Waals surface area contributed by atoms with Gasteiger partial charge in [0.25, 0.3) is 0 Å². The Morgan fingerprint density at radius 2 is 2.08 bits per heavy atom. The standard InChI is InChI=1S/C19H25O5P/c1-18-9-8-16-14(15(18)5-6-17(18)24-25(2,22)23)4-3-12-11-13(20)7-10-19(12,16)21/h7-8,10-11,14-15,17,21H,3-6,9H2,1-2H3,(H,22,23)/t14?,15?,17?,18-,19-/m0/s1. The lowest BCUT2D eigenvalue weighted by Crippen LogP contribution is -2.48. The Kier molecular flexibility index (Phi) is 3.83. The average molecular weight is 364 g/mol. The van der Waals surface area contributed by atoms with Gasteiger partial charge in [0, 0.05) is 12.1 Å². The van der Waals surface area contributed by atoms with E-state index in [0.717, 1.165) is 30.4 Å². The molecule has 4 rings (SSSR count). The minimum atomic E-state index is -3.53. The molecule has 0 aliphatic heterocycles. The molecule has 6 atom stereocenters. The Hall–Kier alpha value is -1.00. The van der Waals surface area contributed by atoms with Gasteiger partial charge in [0.15, 0.2) is 5.78 Å². The van der Waals surface area contributed by atoms with Crippen LogP contribution in [0.1, 0.15) is 39.0 Å². The van der Waals surface area contributed by atoms with Crippen molar-refractivity contribution >= 4 is 13.4 Å². The summed E-state index contributed by atoms with van der Waals surface area (Å²) in [7, 11) is -3.53. The highest BCUT2D eigenvalue weighted by molar-refractivity contribution is 7.51. The summed E-state index contributed by atoms with van der Waals surface area (Å²) >= 11 is 0. The van der Waals surface area contributed by atoms with Crippen LogP contribution in [0.5, 0.6) is 0 Å². The Labute approximate surface area is 148 Å². The van der Waals surface area contributed by atoms with E-state index in [4.69, 9.17) is 4.52 Å². The Morgan fingerprint density at radius 1 is 1.32 bits per heavy atom. The predicted octanol–water partition coefficient (Wildman–Crippen LogP) is 3.14. The van der Waals surface area contributed by atoms with Crippen LogP contribution in [-0.2, 0) is 13.9 Å². The summed E-state index contributed by atoms with van der Waals surface area (Å²) in [6.45, 7) is 3.39. The molecule has 6 heteroatoms. The highest BCUT2D eigenvalue weighted by Crippen LogP contribution is 2.62. The number of aliphatic hydroxyl groups is 1. The number of hydrogen-bond donors (Lipinski definition) is 2. The van der Waals surface area contributed by atoms with Gasteiger partial charge in [-0.2, -0.15) is 0 Å². The molecule has 0 bridgehead atoms. The number of hydrogen-bond acceptors (Lipinski definition) is 4. The fourth-order valence-electron chi connectivity index (χ4n) is 5.57.